The first-order valence-electron chi connectivity index (χ1n) is 11.3. The van der Waals surface area contributed by atoms with Gasteiger partial charge < -0.3 is 20.9 Å². The average Bonchev–Trinajstić information content (AvgIpc) is 3.26. The first-order valence-corrected chi connectivity index (χ1v) is 11.3. The number of hydrogen-bond donors (Lipinski definition) is 4. The van der Waals surface area contributed by atoms with Gasteiger partial charge in [-0.15, -0.1) is 0 Å². The van der Waals surface area contributed by atoms with Crippen molar-refractivity contribution in [1.29, 1.82) is 0 Å². The maximum absolute atomic E-state index is 13.7. The molecule has 4 N–H and O–H groups in total. The zero-order valence-electron chi connectivity index (χ0n) is 19.1. The van der Waals surface area contributed by atoms with Crippen LogP contribution in [0, 0.1) is 11.7 Å². The Kier molecular flexibility index (Phi) is 6.51. The molecule has 0 aromatic heterocycles. The SMILES string of the molecule is CC1=C(C(=O)NCC(=O)N(C)C2CCCCN2)C(C)C(=CC2C(=O)Nc3ccc(F)cc32)N1. The molecule has 3 aliphatic heterocycles. The highest BCUT2D eigenvalue weighted by molar-refractivity contribution is 6.04. The summed E-state index contributed by atoms with van der Waals surface area (Å²) in [6.07, 6.45) is 4.81. The van der Waals surface area contributed by atoms with Crippen molar-refractivity contribution in [3.05, 3.63) is 52.6 Å². The van der Waals surface area contributed by atoms with Crippen LogP contribution in [-0.4, -0.2) is 48.9 Å². The van der Waals surface area contributed by atoms with Gasteiger partial charge in [-0.1, -0.05) is 6.92 Å². The lowest BCUT2D eigenvalue weighted by atomic mass is 9.94. The lowest BCUT2D eigenvalue weighted by Crippen LogP contribution is -2.51. The molecule has 3 aliphatic rings. The molecule has 1 fully saturated rings. The molecule has 0 saturated carbocycles. The van der Waals surface area contributed by atoms with Crippen molar-refractivity contribution in [3.8, 4) is 0 Å². The fourth-order valence-corrected chi connectivity index (χ4v) is 4.74. The quantitative estimate of drug-likeness (QED) is 0.544. The topological polar surface area (TPSA) is 103 Å². The molecule has 8 nitrogen and oxygen atoms in total. The highest BCUT2D eigenvalue weighted by Crippen LogP contribution is 2.37. The lowest BCUT2D eigenvalue weighted by molar-refractivity contribution is -0.133. The van der Waals surface area contributed by atoms with E-state index in [2.05, 4.69) is 21.3 Å². The van der Waals surface area contributed by atoms with Gasteiger partial charge in [0, 0.05) is 35.6 Å². The highest BCUT2D eigenvalue weighted by Gasteiger charge is 2.34. The van der Waals surface area contributed by atoms with Crippen molar-refractivity contribution in [2.24, 2.45) is 5.92 Å². The van der Waals surface area contributed by atoms with Gasteiger partial charge in [0.2, 0.25) is 17.7 Å². The van der Waals surface area contributed by atoms with Gasteiger partial charge in [0.15, 0.2) is 0 Å². The molecule has 1 aromatic carbocycles. The zero-order valence-corrected chi connectivity index (χ0v) is 19.1. The fraction of sp³-hybridized carbons (Fsp3) is 0.458. The average molecular weight is 456 g/mol. The minimum atomic E-state index is -0.644. The minimum Gasteiger partial charge on any atom is -0.362 e. The van der Waals surface area contributed by atoms with E-state index in [4.69, 9.17) is 0 Å². The van der Waals surface area contributed by atoms with E-state index in [1.165, 1.54) is 12.1 Å². The van der Waals surface area contributed by atoms with Gasteiger partial charge >= 0.3 is 0 Å². The summed E-state index contributed by atoms with van der Waals surface area (Å²) in [7, 11) is 1.75. The van der Waals surface area contributed by atoms with Gasteiger partial charge in [0.25, 0.3) is 0 Å². The third-order valence-corrected chi connectivity index (χ3v) is 6.66. The number of benzene rings is 1. The fourth-order valence-electron chi connectivity index (χ4n) is 4.74. The molecule has 0 aliphatic carbocycles. The van der Waals surface area contributed by atoms with Crippen molar-refractivity contribution in [3.63, 3.8) is 0 Å². The number of carbonyl (C=O) groups is 3. The Labute approximate surface area is 192 Å². The number of rotatable bonds is 5. The van der Waals surface area contributed by atoms with Crippen LogP contribution >= 0.6 is 0 Å². The maximum Gasteiger partial charge on any atom is 0.250 e. The molecule has 3 heterocycles. The third kappa shape index (κ3) is 4.64. The van der Waals surface area contributed by atoms with Crippen LogP contribution in [0.5, 0.6) is 0 Å². The minimum absolute atomic E-state index is 0.00372. The van der Waals surface area contributed by atoms with Gasteiger partial charge in [0.05, 0.1) is 18.6 Å². The van der Waals surface area contributed by atoms with E-state index in [1.54, 1.807) is 31.0 Å². The number of anilines is 1. The number of halogens is 1. The van der Waals surface area contributed by atoms with Gasteiger partial charge in [-0.2, -0.15) is 0 Å². The van der Waals surface area contributed by atoms with Gasteiger partial charge in [-0.3, -0.25) is 19.7 Å². The molecule has 9 heteroatoms. The Balaban J connectivity index is 1.41. The van der Waals surface area contributed by atoms with Crippen LogP contribution < -0.4 is 21.3 Å². The second kappa shape index (κ2) is 9.35. The first kappa shape index (κ1) is 23.0. The van der Waals surface area contributed by atoms with Crippen molar-refractivity contribution < 1.29 is 18.8 Å². The monoisotopic (exact) mass is 455 g/mol. The molecule has 0 spiro atoms. The second-order valence-corrected chi connectivity index (χ2v) is 8.86. The molecule has 3 atom stereocenters. The Bertz CT molecular complexity index is 1040. The molecule has 1 aromatic rings. The number of piperidine rings is 1. The van der Waals surface area contributed by atoms with Crippen molar-refractivity contribution in [2.75, 3.05) is 25.5 Å². The number of allylic oxidation sites excluding steroid dienone is 2. The van der Waals surface area contributed by atoms with Crippen LogP contribution in [0.3, 0.4) is 0 Å². The van der Waals surface area contributed by atoms with Crippen molar-refractivity contribution in [1.82, 2.24) is 20.9 Å². The molecule has 0 bridgehead atoms. The molecule has 3 unspecified atom stereocenters. The zero-order chi connectivity index (χ0) is 23.7. The van der Waals surface area contributed by atoms with E-state index >= 15 is 0 Å². The smallest absolute Gasteiger partial charge is 0.250 e. The molecule has 4 rings (SSSR count). The summed E-state index contributed by atoms with van der Waals surface area (Å²) < 4.78 is 13.7. The molecule has 3 amide bonds. The summed E-state index contributed by atoms with van der Waals surface area (Å²) >= 11 is 0. The van der Waals surface area contributed by atoms with Crippen LogP contribution in [0.25, 0.3) is 0 Å². The largest absolute Gasteiger partial charge is 0.362 e. The summed E-state index contributed by atoms with van der Waals surface area (Å²) in [5.41, 5.74) is 3.04. The van der Waals surface area contributed by atoms with Crippen LogP contribution in [-0.2, 0) is 14.4 Å². The predicted octanol–water partition coefficient (Wildman–Crippen LogP) is 1.93. The third-order valence-electron chi connectivity index (χ3n) is 6.66. The standard InChI is InChI=1S/C24H30FN5O3/c1-13-19(11-17-16-10-15(25)7-8-18(16)29-23(17)32)28-14(2)22(13)24(33)27-12-21(31)30(3)20-6-4-5-9-26-20/h7-8,10-11,13,17,20,26,28H,4-6,9,12H2,1-3H3,(H,27,33)(H,29,32). The van der Waals surface area contributed by atoms with Crippen LogP contribution in [0.4, 0.5) is 10.1 Å². The van der Waals surface area contributed by atoms with Crippen molar-refractivity contribution >= 4 is 23.4 Å². The van der Waals surface area contributed by atoms with Crippen molar-refractivity contribution in [2.45, 2.75) is 45.2 Å². The number of nitrogens with one attached hydrogen (secondary N) is 4. The normalized spacial score (nSPS) is 25.5. The Morgan fingerprint density at radius 3 is 2.79 bits per heavy atom. The number of likely N-dealkylation sites (N-methyl/N-ethyl adjacent to an activating group) is 1. The van der Waals surface area contributed by atoms with Gasteiger partial charge in [-0.25, -0.2) is 4.39 Å². The molecule has 1 saturated heterocycles. The van der Waals surface area contributed by atoms with Crippen LogP contribution in [0.15, 0.2) is 41.2 Å². The predicted molar refractivity (Wildman–Crippen MR) is 122 cm³/mol. The second-order valence-electron chi connectivity index (χ2n) is 8.86. The Hall–Kier alpha value is -3.20. The molecule has 176 valence electrons. The summed E-state index contributed by atoms with van der Waals surface area (Å²) in [6.45, 7) is 4.45. The number of amides is 3. The van der Waals surface area contributed by atoms with E-state index in [9.17, 15) is 18.8 Å². The Morgan fingerprint density at radius 1 is 1.27 bits per heavy atom. The van der Waals surface area contributed by atoms with Gasteiger partial charge in [-0.05, 0) is 62.6 Å². The van der Waals surface area contributed by atoms with Crippen LogP contribution in [0.1, 0.15) is 44.6 Å². The molecule has 0 radical (unpaired) electrons. The van der Waals surface area contributed by atoms with E-state index in [-0.39, 0.29) is 36.3 Å². The highest BCUT2D eigenvalue weighted by atomic mass is 19.1. The van der Waals surface area contributed by atoms with E-state index in [0.717, 1.165) is 25.8 Å². The number of fused-ring (bicyclic) bond motifs is 1. The number of hydrogen-bond acceptors (Lipinski definition) is 5. The van der Waals surface area contributed by atoms with E-state index < -0.39 is 11.7 Å². The number of nitrogens with zero attached hydrogens (tertiary/aromatic N) is 1. The van der Waals surface area contributed by atoms with Crippen LogP contribution in [0.2, 0.25) is 0 Å². The number of carbonyl (C=O) groups excluding carboxylic acids is 3. The summed E-state index contributed by atoms with van der Waals surface area (Å²) in [5.74, 6) is -2.07. The van der Waals surface area contributed by atoms with E-state index in [0.29, 0.717) is 28.2 Å². The Morgan fingerprint density at radius 2 is 2.06 bits per heavy atom. The summed E-state index contributed by atoms with van der Waals surface area (Å²) in [6, 6.07) is 4.21. The maximum atomic E-state index is 13.7. The summed E-state index contributed by atoms with van der Waals surface area (Å²) in [4.78, 5) is 39.6. The lowest BCUT2D eigenvalue weighted by Gasteiger charge is -2.32. The molecule has 33 heavy (non-hydrogen) atoms. The molecular formula is C24H30FN5O3. The van der Waals surface area contributed by atoms with E-state index in [1.807, 2.05) is 6.92 Å². The summed E-state index contributed by atoms with van der Waals surface area (Å²) in [5, 5.41) is 12.0. The van der Waals surface area contributed by atoms with Gasteiger partial charge in [0.1, 0.15) is 5.82 Å². The molecular weight excluding hydrogens is 425 g/mol. The first-order chi connectivity index (χ1) is 15.8.